The highest BCUT2D eigenvalue weighted by Crippen LogP contribution is 2.13. The van der Waals surface area contributed by atoms with Crippen LogP contribution in [0.3, 0.4) is 0 Å². The molecule has 0 saturated carbocycles. The lowest BCUT2D eigenvalue weighted by Gasteiger charge is -2.22. The zero-order valence-electron chi connectivity index (χ0n) is 10.5. The van der Waals surface area contributed by atoms with E-state index >= 15 is 0 Å². The molecule has 0 aromatic rings. The molecule has 0 saturated heterocycles. The summed E-state index contributed by atoms with van der Waals surface area (Å²) < 4.78 is 5.50. The van der Waals surface area contributed by atoms with E-state index in [2.05, 4.69) is 19.6 Å². The normalized spacial score (nSPS) is 17.6. The number of thiol groups is 1. The molecule has 4 nitrogen and oxygen atoms in total. The Labute approximate surface area is 109 Å². The lowest BCUT2D eigenvalue weighted by molar-refractivity contribution is -0.0222. The maximum absolute atomic E-state index is 9.56. The highest BCUT2D eigenvalue weighted by Gasteiger charge is 2.23. The Hall–Kier alpha value is -0.230. The molecule has 3 atom stereocenters. The first kappa shape index (κ1) is 16.8. The molecular formula is C12H24O4S. The Bertz CT molecular complexity index is 221. The molecule has 0 bridgehead atoms. The minimum atomic E-state index is -1.18. The largest absolute Gasteiger partial charge is 0.497 e. The van der Waals surface area contributed by atoms with Crippen molar-refractivity contribution in [2.75, 3.05) is 13.2 Å². The van der Waals surface area contributed by atoms with E-state index in [1.165, 1.54) is 0 Å². The van der Waals surface area contributed by atoms with Crippen LogP contribution in [0.15, 0.2) is 11.8 Å². The molecule has 0 aromatic carbocycles. The predicted molar refractivity (Wildman–Crippen MR) is 71.1 cm³/mol. The first-order chi connectivity index (χ1) is 8.06. The molecule has 0 radical (unpaired) electrons. The average Bonchev–Trinajstić information content (AvgIpc) is 2.36. The van der Waals surface area contributed by atoms with Crippen LogP contribution in [0.25, 0.3) is 0 Å². The molecule has 0 aromatic heterocycles. The lowest BCUT2D eigenvalue weighted by Crippen LogP contribution is -2.39. The average molecular weight is 264 g/mol. The van der Waals surface area contributed by atoms with Gasteiger partial charge in [-0.05, 0) is 19.4 Å². The maximum Gasteiger partial charge on any atom is 0.104 e. The highest BCUT2D eigenvalue weighted by atomic mass is 32.1. The van der Waals surface area contributed by atoms with Gasteiger partial charge in [0.05, 0.1) is 23.7 Å². The predicted octanol–water partition coefficient (Wildman–Crippen LogP) is 1.11. The van der Waals surface area contributed by atoms with E-state index in [0.29, 0.717) is 0 Å². The molecule has 3 N–H and O–H groups in total. The van der Waals surface area contributed by atoms with Gasteiger partial charge < -0.3 is 20.1 Å². The molecule has 0 aliphatic rings. The van der Waals surface area contributed by atoms with Gasteiger partial charge >= 0.3 is 0 Å². The number of aliphatic hydroxyl groups is 3. The highest BCUT2D eigenvalue weighted by molar-refractivity contribution is 7.81. The molecule has 0 aliphatic heterocycles. The van der Waals surface area contributed by atoms with Crippen LogP contribution in [0, 0.1) is 0 Å². The summed E-state index contributed by atoms with van der Waals surface area (Å²) in [6, 6.07) is 0. The summed E-state index contributed by atoms with van der Waals surface area (Å²) in [6.45, 7) is 3.74. The third-order valence-electron chi connectivity index (χ3n) is 2.51. The van der Waals surface area contributed by atoms with Gasteiger partial charge in [0.15, 0.2) is 0 Å². The fraction of sp³-hybridized carbons (Fsp3) is 0.833. The number of unbranched alkanes of at least 4 members (excludes halogenated alkanes) is 1. The van der Waals surface area contributed by atoms with Crippen LogP contribution in [0.2, 0.25) is 0 Å². The Morgan fingerprint density at radius 1 is 1.41 bits per heavy atom. The first-order valence-electron chi connectivity index (χ1n) is 5.99. The van der Waals surface area contributed by atoms with Crippen molar-refractivity contribution in [2.45, 2.75) is 50.6 Å². The van der Waals surface area contributed by atoms with Crippen molar-refractivity contribution >= 4 is 12.6 Å². The molecule has 0 rings (SSSR count). The lowest BCUT2D eigenvalue weighted by atomic mass is 10.1. The summed E-state index contributed by atoms with van der Waals surface area (Å²) in [5, 5.41) is 27.0. The van der Waals surface area contributed by atoms with Crippen LogP contribution >= 0.6 is 12.6 Å². The van der Waals surface area contributed by atoms with Crippen molar-refractivity contribution < 1.29 is 20.1 Å². The van der Waals surface area contributed by atoms with Gasteiger partial charge in [-0.1, -0.05) is 13.3 Å². The molecule has 1 unspecified atom stereocenters. The van der Waals surface area contributed by atoms with E-state index in [9.17, 15) is 10.2 Å². The van der Waals surface area contributed by atoms with Crippen LogP contribution in [0.4, 0.5) is 0 Å². The molecule has 0 amide bonds. The standard InChI is InChI=1S/C12H24O4S/c1-3-5-6-9(4-2)16-8-11(17)12(15)10(14)7-13/h4,10-15,17H,3,5-8H2,1-2H3/b9-4-/t10?,11-,12+/m0/s1. The van der Waals surface area contributed by atoms with Gasteiger partial charge in [0.25, 0.3) is 0 Å². The molecule has 0 spiro atoms. The van der Waals surface area contributed by atoms with Gasteiger partial charge in [0.2, 0.25) is 0 Å². The Kier molecular flexibility index (Phi) is 9.63. The van der Waals surface area contributed by atoms with Crippen LogP contribution in [-0.4, -0.2) is 46.0 Å². The van der Waals surface area contributed by atoms with E-state index in [1.54, 1.807) is 0 Å². The molecule has 17 heavy (non-hydrogen) atoms. The van der Waals surface area contributed by atoms with Crippen molar-refractivity contribution in [2.24, 2.45) is 0 Å². The van der Waals surface area contributed by atoms with Gasteiger partial charge in [-0.3, -0.25) is 0 Å². The fourth-order valence-electron chi connectivity index (χ4n) is 1.31. The van der Waals surface area contributed by atoms with Crippen LogP contribution < -0.4 is 0 Å². The SMILES string of the molecule is C/C=C(/CCCC)OC[C@H](S)[C@H](O)C(O)CO. The van der Waals surface area contributed by atoms with Gasteiger partial charge in [0, 0.05) is 6.42 Å². The second-order valence-electron chi connectivity index (χ2n) is 3.98. The molecular weight excluding hydrogens is 240 g/mol. The quantitative estimate of drug-likeness (QED) is 0.372. The summed E-state index contributed by atoms with van der Waals surface area (Å²) in [5.74, 6) is 0.872. The van der Waals surface area contributed by atoms with Crippen molar-refractivity contribution in [1.29, 1.82) is 0 Å². The summed E-state index contributed by atoms with van der Waals surface area (Å²) in [5.41, 5.74) is 0. The number of hydrogen-bond donors (Lipinski definition) is 4. The van der Waals surface area contributed by atoms with Crippen molar-refractivity contribution in [3.8, 4) is 0 Å². The van der Waals surface area contributed by atoms with E-state index in [1.807, 2.05) is 13.0 Å². The Morgan fingerprint density at radius 2 is 2.06 bits per heavy atom. The number of aliphatic hydroxyl groups excluding tert-OH is 3. The van der Waals surface area contributed by atoms with Crippen LogP contribution in [0.5, 0.6) is 0 Å². The monoisotopic (exact) mass is 264 g/mol. The smallest absolute Gasteiger partial charge is 0.104 e. The molecule has 0 heterocycles. The summed E-state index contributed by atoms with van der Waals surface area (Å²) in [7, 11) is 0. The summed E-state index contributed by atoms with van der Waals surface area (Å²) in [6.07, 6.45) is 2.64. The first-order valence-corrected chi connectivity index (χ1v) is 6.51. The zero-order valence-corrected chi connectivity index (χ0v) is 11.4. The molecule has 102 valence electrons. The summed E-state index contributed by atoms with van der Waals surface area (Å²) >= 11 is 4.15. The molecule has 0 fully saturated rings. The maximum atomic E-state index is 9.56. The van der Waals surface area contributed by atoms with Gasteiger partial charge in [0.1, 0.15) is 12.7 Å². The Morgan fingerprint density at radius 3 is 2.53 bits per heavy atom. The number of allylic oxidation sites excluding steroid dienone is 2. The third kappa shape index (κ3) is 6.93. The molecule has 0 aliphatic carbocycles. The van der Waals surface area contributed by atoms with Gasteiger partial charge in [-0.25, -0.2) is 0 Å². The zero-order chi connectivity index (χ0) is 13.3. The molecule has 5 heteroatoms. The van der Waals surface area contributed by atoms with Gasteiger partial charge in [-0.2, -0.15) is 12.6 Å². The van der Waals surface area contributed by atoms with Crippen LogP contribution in [0.1, 0.15) is 33.1 Å². The number of ether oxygens (including phenoxy) is 1. The Balaban J connectivity index is 4.00. The van der Waals surface area contributed by atoms with E-state index in [0.717, 1.165) is 25.0 Å². The fourth-order valence-corrected chi connectivity index (χ4v) is 1.58. The summed E-state index contributed by atoms with van der Waals surface area (Å²) in [4.78, 5) is 0. The minimum Gasteiger partial charge on any atom is -0.497 e. The van der Waals surface area contributed by atoms with Crippen LogP contribution in [-0.2, 0) is 4.74 Å². The van der Waals surface area contributed by atoms with E-state index in [4.69, 9.17) is 9.84 Å². The second kappa shape index (κ2) is 9.76. The number of hydrogen-bond acceptors (Lipinski definition) is 5. The van der Waals surface area contributed by atoms with E-state index < -0.39 is 24.1 Å². The van der Waals surface area contributed by atoms with Gasteiger partial charge in [-0.15, -0.1) is 0 Å². The van der Waals surface area contributed by atoms with E-state index in [-0.39, 0.29) is 6.61 Å². The van der Waals surface area contributed by atoms with Crippen molar-refractivity contribution in [1.82, 2.24) is 0 Å². The van der Waals surface area contributed by atoms with Crippen molar-refractivity contribution in [3.63, 3.8) is 0 Å². The van der Waals surface area contributed by atoms with Crippen molar-refractivity contribution in [3.05, 3.63) is 11.8 Å². The number of rotatable bonds is 9. The second-order valence-corrected chi connectivity index (χ2v) is 4.64. The topological polar surface area (TPSA) is 69.9 Å². The third-order valence-corrected chi connectivity index (χ3v) is 2.97. The minimum absolute atomic E-state index is 0.213.